The van der Waals surface area contributed by atoms with Gasteiger partial charge in [0, 0.05) is 6.20 Å². The van der Waals surface area contributed by atoms with Gasteiger partial charge in [-0.15, -0.1) is 0 Å². The van der Waals surface area contributed by atoms with Crippen LogP contribution in [0.3, 0.4) is 0 Å². The number of rotatable bonds is 4. The van der Waals surface area contributed by atoms with Crippen LogP contribution in [0.1, 0.15) is 31.5 Å². The van der Waals surface area contributed by atoms with Crippen molar-refractivity contribution in [1.82, 2.24) is 24.9 Å². The second kappa shape index (κ2) is 7.88. The van der Waals surface area contributed by atoms with Crippen LogP contribution in [-0.2, 0) is 6.18 Å². The predicted molar refractivity (Wildman–Crippen MR) is 113 cm³/mol. The summed E-state index contributed by atoms with van der Waals surface area (Å²) in [6.45, 7) is 1.55. The number of nitrogens with zero attached hydrogens (tertiary/aromatic N) is 5. The minimum absolute atomic E-state index is 0.00130. The molecule has 0 bridgehead atoms. The molecule has 34 heavy (non-hydrogen) atoms. The number of hydrogen-bond acceptors (Lipinski definition) is 6. The third kappa shape index (κ3) is 3.74. The Bertz CT molecular complexity index is 1340. The number of aromatic nitrogens is 5. The van der Waals surface area contributed by atoms with Crippen LogP contribution >= 0.6 is 11.6 Å². The maximum Gasteiger partial charge on any atom is 0.433 e. The van der Waals surface area contributed by atoms with Gasteiger partial charge in [-0.1, -0.05) is 22.8 Å². The summed E-state index contributed by atoms with van der Waals surface area (Å²) in [5.41, 5.74) is -2.59. The van der Waals surface area contributed by atoms with Gasteiger partial charge in [0.2, 0.25) is 0 Å². The molecule has 12 heteroatoms. The monoisotopic (exact) mass is 493 g/mol. The number of hydrogen-bond donors (Lipinski definition) is 1. The first-order valence-corrected chi connectivity index (χ1v) is 10.5. The van der Waals surface area contributed by atoms with E-state index >= 15 is 0 Å². The fourth-order valence-corrected chi connectivity index (χ4v) is 4.51. The molecule has 4 aromatic rings. The summed E-state index contributed by atoms with van der Waals surface area (Å²) in [5.74, 6) is -1.02. The summed E-state index contributed by atoms with van der Waals surface area (Å²) in [4.78, 5) is 7.94. The van der Waals surface area contributed by atoms with Crippen molar-refractivity contribution in [3.8, 4) is 33.8 Å². The van der Waals surface area contributed by atoms with Crippen LogP contribution in [0.2, 0.25) is 5.02 Å². The van der Waals surface area contributed by atoms with Gasteiger partial charge in [-0.05, 0) is 38.0 Å². The number of halogens is 5. The van der Waals surface area contributed by atoms with Crippen molar-refractivity contribution in [2.24, 2.45) is 0 Å². The zero-order chi connectivity index (χ0) is 24.3. The van der Waals surface area contributed by atoms with Gasteiger partial charge in [-0.3, -0.25) is 4.68 Å². The van der Waals surface area contributed by atoms with E-state index in [0.29, 0.717) is 0 Å². The molecule has 3 heterocycles. The first kappa shape index (κ1) is 22.5. The third-order valence-electron chi connectivity index (χ3n) is 5.73. The van der Waals surface area contributed by atoms with Crippen LogP contribution in [0.25, 0.3) is 33.8 Å². The smallest absolute Gasteiger partial charge is 0.390 e. The number of alkyl halides is 3. The lowest BCUT2D eigenvalue weighted by molar-refractivity contribution is -0.148. The maximum absolute atomic E-state index is 14.7. The Kier molecular flexibility index (Phi) is 5.21. The first-order valence-electron chi connectivity index (χ1n) is 10.1. The van der Waals surface area contributed by atoms with Gasteiger partial charge >= 0.3 is 6.18 Å². The molecule has 0 radical (unpaired) electrons. The van der Waals surface area contributed by atoms with Crippen molar-refractivity contribution in [1.29, 1.82) is 0 Å². The fraction of sp³-hybridized carbons (Fsp3) is 0.273. The van der Waals surface area contributed by atoms with E-state index in [1.165, 1.54) is 30.7 Å². The Morgan fingerprint density at radius 1 is 1.21 bits per heavy atom. The van der Waals surface area contributed by atoms with Crippen LogP contribution < -0.4 is 0 Å². The predicted octanol–water partition coefficient (Wildman–Crippen LogP) is 5.56. The molecule has 176 valence electrons. The quantitative estimate of drug-likeness (QED) is 0.374. The average Bonchev–Trinajstić information content (AvgIpc) is 3.37. The van der Waals surface area contributed by atoms with Crippen LogP contribution in [0.5, 0.6) is 0 Å². The van der Waals surface area contributed by atoms with Crippen molar-refractivity contribution in [2.75, 3.05) is 0 Å². The highest BCUT2D eigenvalue weighted by atomic mass is 35.5. The minimum atomic E-state index is -4.81. The van der Waals surface area contributed by atoms with Crippen LogP contribution in [0.4, 0.5) is 17.6 Å². The van der Waals surface area contributed by atoms with Crippen LogP contribution in [0.15, 0.2) is 47.5 Å². The number of benzene rings is 1. The van der Waals surface area contributed by atoms with Crippen molar-refractivity contribution >= 4 is 11.6 Å². The average molecular weight is 494 g/mol. The van der Waals surface area contributed by atoms with E-state index in [-0.39, 0.29) is 51.7 Å². The molecule has 0 spiro atoms. The summed E-state index contributed by atoms with van der Waals surface area (Å²) in [5, 5.41) is 17.9. The summed E-state index contributed by atoms with van der Waals surface area (Å²) in [6.07, 6.45) is -0.975. The molecule has 1 aliphatic carbocycles. The second-order valence-corrected chi connectivity index (χ2v) is 8.74. The van der Waals surface area contributed by atoms with Gasteiger partial charge in [0.1, 0.15) is 17.8 Å². The molecule has 1 aromatic carbocycles. The Morgan fingerprint density at radius 3 is 2.59 bits per heavy atom. The molecule has 0 atom stereocenters. The Labute approximate surface area is 195 Å². The Morgan fingerprint density at radius 2 is 1.97 bits per heavy atom. The summed E-state index contributed by atoms with van der Waals surface area (Å²) in [6, 6.07) is 4.77. The van der Waals surface area contributed by atoms with E-state index in [4.69, 9.17) is 16.1 Å². The van der Waals surface area contributed by atoms with Gasteiger partial charge in [0.05, 0.1) is 45.2 Å². The topological polar surface area (TPSA) is 89.9 Å². The molecule has 0 unspecified atom stereocenters. The zero-order valence-electron chi connectivity index (χ0n) is 17.5. The molecule has 0 amide bonds. The molecule has 5 rings (SSSR count). The van der Waals surface area contributed by atoms with E-state index in [1.807, 2.05) is 0 Å². The van der Waals surface area contributed by atoms with Crippen LogP contribution in [0, 0.1) is 5.82 Å². The molecular formula is C22H16ClF4N5O2. The second-order valence-electron chi connectivity index (χ2n) is 8.33. The fourth-order valence-electron chi connectivity index (χ4n) is 4.26. The van der Waals surface area contributed by atoms with Crippen LogP contribution in [-0.4, -0.2) is 35.6 Å². The van der Waals surface area contributed by atoms with E-state index in [2.05, 4.69) is 20.2 Å². The molecule has 7 nitrogen and oxygen atoms in total. The largest absolute Gasteiger partial charge is 0.433 e. The van der Waals surface area contributed by atoms with Gasteiger partial charge in [0.25, 0.3) is 0 Å². The first-order chi connectivity index (χ1) is 16.1. The summed E-state index contributed by atoms with van der Waals surface area (Å²) in [7, 11) is 0. The molecular weight excluding hydrogens is 478 g/mol. The summed E-state index contributed by atoms with van der Waals surface area (Å²) < 4.78 is 63.7. The molecule has 0 aliphatic heterocycles. The molecule has 1 aliphatic rings. The van der Waals surface area contributed by atoms with Crippen molar-refractivity contribution in [3.63, 3.8) is 0 Å². The van der Waals surface area contributed by atoms with Crippen molar-refractivity contribution in [3.05, 3.63) is 59.5 Å². The zero-order valence-corrected chi connectivity index (χ0v) is 18.3. The molecule has 0 saturated heterocycles. The van der Waals surface area contributed by atoms with Gasteiger partial charge < -0.3 is 9.63 Å². The number of aliphatic hydroxyl groups is 1. The Balaban J connectivity index is 1.75. The molecule has 1 saturated carbocycles. The maximum atomic E-state index is 14.7. The van der Waals surface area contributed by atoms with Gasteiger partial charge in [-0.25, -0.2) is 14.4 Å². The van der Waals surface area contributed by atoms with E-state index in [1.54, 1.807) is 6.92 Å². The molecule has 3 aromatic heterocycles. The van der Waals surface area contributed by atoms with Crippen molar-refractivity contribution in [2.45, 2.75) is 37.6 Å². The third-order valence-corrected chi connectivity index (χ3v) is 6.05. The van der Waals surface area contributed by atoms with Gasteiger partial charge in [0.15, 0.2) is 11.5 Å². The van der Waals surface area contributed by atoms with E-state index in [9.17, 15) is 22.7 Å². The summed E-state index contributed by atoms with van der Waals surface area (Å²) >= 11 is 6.21. The highest BCUT2D eigenvalue weighted by molar-refractivity contribution is 6.33. The lowest BCUT2D eigenvalue weighted by Gasteiger charge is -2.41. The SMILES string of the molecule is C[C@]1(O)C[C@@H](n2ncc(-c3onc(-c4c(F)cccc4Cl)c3-c3ccncn3)c2C(F)(F)F)C1. The van der Waals surface area contributed by atoms with E-state index in [0.717, 1.165) is 16.9 Å². The van der Waals surface area contributed by atoms with Crippen molar-refractivity contribution < 1.29 is 27.2 Å². The molecule has 1 N–H and O–H groups in total. The van der Waals surface area contributed by atoms with Gasteiger partial charge in [-0.2, -0.15) is 18.3 Å². The van der Waals surface area contributed by atoms with E-state index < -0.39 is 29.3 Å². The standard InChI is InChI=1S/C22H16ClF4N5O2/c1-21(33)7-11(8-21)32-20(22(25,26)27)12(9-30-32)19-17(15-5-6-28-10-29-15)18(31-34-19)16-13(23)3-2-4-14(16)24/h2-6,9-11,33H,7-8H2,1H3/t11-,21+. The highest BCUT2D eigenvalue weighted by Crippen LogP contribution is 2.49. The molecule has 1 fully saturated rings. The highest BCUT2D eigenvalue weighted by Gasteiger charge is 2.47. The lowest BCUT2D eigenvalue weighted by Crippen LogP contribution is -2.43. The normalized spacial score (nSPS) is 20.4. The Hall–Kier alpha value is -3.31. The minimum Gasteiger partial charge on any atom is -0.390 e. The lowest BCUT2D eigenvalue weighted by atomic mass is 9.77.